The van der Waals surface area contributed by atoms with Crippen LogP contribution in [0, 0.1) is 5.92 Å². The summed E-state index contributed by atoms with van der Waals surface area (Å²) in [5.41, 5.74) is -0.437. The van der Waals surface area contributed by atoms with Crippen LogP contribution in [0.4, 0.5) is 4.79 Å². The number of carbonyl (C=O) groups is 1. The van der Waals surface area contributed by atoms with Gasteiger partial charge in [0.15, 0.2) is 0 Å². The van der Waals surface area contributed by atoms with Gasteiger partial charge in [0.25, 0.3) is 0 Å². The van der Waals surface area contributed by atoms with E-state index in [1.54, 1.807) is 0 Å². The van der Waals surface area contributed by atoms with Crippen molar-refractivity contribution < 1.29 is 9.53 Å². The molecule has 3 unspecified atom stereocenters. The molecular weight excluding hydrogens is 300 g/mol. The Balaban J connectivity index is 1.99. The number of likely N-dealkylation sites (tertiary alicyclic amines) is 1. The number of ether oxygens (including phenoxy) is 1. The summed E-state index contributed by atoms with van der Waals surface area (Å²) < 4.78 is 5.58. The van der Waals surface area contributed by atoms with Gasteiger partial charge in [-0.05, 0) is 52.4 Å². The van der Waals surface area contributed by atoms with Crippen LogP contribution in [0.15, 0.2) is 11.6 Å². The number of nitrogens with zero attached hydrogens (tertiary/aromatic N) is 1. The Bertz CT molecular complexity index is 419. The van der Waals surface area contributed by atoms with E-state index in [9.17, 15) is 4.79 Å². The minimum atomic E-state index is -0.437. The highest BCUT2D eigenvalue weighted by Crippen LogP contribution is 2.36. The maximum absolute atomic E-state index is 12.4. The largest absolute Gasteiger partial charge is 0.444 e. The Hall–Kier alpha value is -0.740. The second-order valence-corrected chi connectivity index (χ2v) is 8.02. The van der Waals surface area contributed by atoms with E-state index in [0.717, 1.165) is 32.2 Å². The number of rotatable bonds is 4. The van der Waals surface area contributed by atoms with Crippen LogP contribution in [-0.2, 0) is 4.74 Å². The fraction of sp³-hybridized carbons (Fsp3) is 0.824. The molecule has 22 heavy (non-hydrogen) atoms. The molecule has 2 aliphatic rings. The number of amides is 1. The summed E-state index contributed by atoms with van der Waals surface area (Å²) in [7, 11) is 0. The molecule has 1 heterocycles. The van der Waals surface area contributed by atoms with Gasteiger partial charge in [-0.3, -0.25) is 0 Å². The molecule has 4 nitrogen and oxygen atoms in total. The molecule has 2 rings (SSSR count). The molecule has 3 atom stereocenters. The average Bonchev–Trinajstić information content (AvgIpc) is 3.02. The summed E-state index contributed by atoms with van der Waals surface area (Å²) in [6.45, 7) is 10.9. The van der Waals surface area contributed by atoms with Gasteiger partial charge in [0.1, 0.15) is 5.60 Å². The second kappa shape index (κ2) is 7.22. The zero-order chi connectivity index (χ0) is 16.3. The van der Waals surface area contributed by atoms with Crippen molar-refractivity contribution in [2.24, 2.45) is 5.92 Å². The topological polar surface area (TPSA) is 41.6 Å². The Morgan fingerprint density at radius 2 is 2.05 bits per heavy atom. The van der Waals surface area contributed by atoms with Gasteiger partial charge in [-0.2, -0.15) is 0 Å². The van der Waals surface area contributed by atoms with Gasteiger partial charge in [0, 0.05) is 30.2 Å². The number of hydrogen-bond donors (Lipinski definition) is 1. The van der Waals surface area contributed by atoms with Gasteiger partial charge >= 0.3 is 6.09 Å². The van der Waals surface area contributed by atoms with Crippen LogP contribution in [0.1, 0.15) is 52.9 Å². The molecule has 2 fully saturated rings. The van der Waals surface area contributed by atoms with Crippen molar-refractivity contribution in [3.05, 3.63) is 11.6 Å². The molecule has 1 aliphatic carbocycles. The molecule has 5 heteroatoms. The van der Waals surface area contributed by atoms with Gasteiger partial charge in [-0.25, -0.2) is 4.79 Å². The second-order valence-electron chi connectivity index (χ2n) is 7.48. The zero-order valence-electron chi connectivity index (χ0n) is 14.0. The van der Waals surface area contributed by atoms with Gasteiger partial charge in [-0.15, -0.1) is 0 Å². The molecule has 0 aromatic heterocycles. The molecule has 0 aromatic rings. The third-order valence-electron chi connectivity index (χ3n) is 4.55. The number of hydrogen-bond acceptors (Lipinski definition) is 3. The molecule has 0 spiro atoms. The lowest BCUT2D eigenvalue weighted by Gasteiger charge is -2.34. The molecule has 1 aliphatic heterocycles. The molecule has 0 bridgehead atoms. The van der Waals surface area contributed by atoms with E-state index in [2.05, 4.69) is 11.9 Å². The zero-order valence-corrected chi connectivity index (χ0v) is 14.8. The maximum Gasteiger partial charge on any atom is 0.410 e. The summed E-state index contributed by atoms with van der Waals surface area (Å²) in [5.74, 6) is 0.492. The van der Waals surface area contributed by atoms with Crippen LogP contribution in [0.2, 0.25) is 0 Å². The number of halogens is 1. The van der Waals surface area contributed by atoms with Crippen molar-refractivity contribution >= 4 is 17.7 Å². The summed E-state index contributed by atoms with van der Waals surface area (Å²) in [5, 5.41) is 4.15. The van der Waals surface area contributed by atoms with Gasteiger partial charge in [-0.1, -0.05) is 24.6 Å². The lowest BCUT2D eigenvalue weighted by atomic mass is 9.92. The van der Waals surface area contributed by atoms with E-state index in [1.165, 1.54) is 6.42 Å². The standard InChI is InChI=1S/C17H29ClN2O2/c1-12(18)11-19-14-8-5-7-13(14)15-9-6-10-20(15)16(21)22-17(2,3)4/h13-15,19H,1,5-11H2,2-4H3. The molecule has 126 valence electrons. The van der Waals surface area contributed by atoms with Gasteiger partial charge < -0.3 is 15.0 Å². The smallest absolute Gasteiger partial charge is 0.410 e. The van der Waals surface area contributed by atoms with Crippen molar-refractivity contribution in [1.29, 1.82) is 0 Å². The van der Waals surface area contributed by atoms with Crippen molar-refractivity contribution in [3.63, 3.8) is 0 Å². The summed E-state index contributed by atoms with van der Waals surface area (Å²) >= 11 is 5.87. The van der Waals surface area contributed by atoms with Crippen molar-refractivity contribution in [1.82, 2.24) is 10.2 Å². The first-order valence-corrected chi connectivity index (χ1v) is 8.72. The van der Waals surface area contributed by atoms with Gasteiger partial charge in [0.2, 0.25) is 0 Å². The predicted octanol–water partition coefficient (Wildman–Crippen LogP) is 3.90. The molecule has 0 aromatic carbocycles. The van der Waals surface area contributed by atoms with E-state index >= 15 is 0 Å². The van der Waals surface area contributed by atoms with Crippen LogP contribution >= 0.6 is 11.6 Å². The van der Waals surface area contributed by atoms with E-state index in [4.69, 9.17) is 16.3 Å². The monoisotopic (exact) mass is 328 g/mol. The van der Waals surface area contributed by atoms with Crippen LogP contribution in [0.5, 0.6) is 0 Å². The van der Waals surface area contributed by atoms with Crippen molar-refractivity contribution in [2.45, 2.75) is 70.6 Å². The maximum atomic E-state index is 12.4. The highest BCUT2D eigenvalue weighted by atomic mass is 35.5. The molecule has 1 saturated carbocycles. The van der Waals surface area contributed by atoms with E-state index in [-0.39, 0.29) is 6.09 Å². The lowest BCUT2D eigenvalue weighted by molar-refractivity contribution is 0.0167. The SMILES string of the molecule is C=C(Cl)CNC1CCCC1C1CCCN1C(=O)OC(C)(C)C. The number of carbonyl (C=O) groups excluding carboxylic acids is 1. The van der Waals surface area contributed by atoms with Gasteiger partial charge in [0.05, 0.1) is 0 Å². The molecule has 1 amide bonds. The highest BCUT2D eigenvalue weighted by Gasteiger charge is 2.41. The summed E-state index contributed by atoms with van der Waals surface area (Å²) in [4.78, 5) is 14.4. The third kappa shape index (κ3) is 4.63. The first-order chi connectivity index (χ1) is 10.3. The fourth-order valence-corrected chi connectivity index (χ4v) is 3.81. The Labute approximate surface area is 139 Å². The number of nitrogens with one attached hydrogen (secondary N) is 1. The Morgan fingerprint density at radius 1 is 1.32 bits per heavy atom. The third-order valence-corrected chi connectivity index (χ3v) is 4.68. The first-order valence-electron chi connectivity index (χ1n) is 8.34. The van der Waals surface area contributed by atoms with Crippen LogP contribution in [0.3, 0.4) is 0 Å². The average molecular weight is 329 g/mol. The van der Waals surface area contributed by atoms with Crippen molar-refractivity contribution in [2.75, 3.05) is 13.1 Å². The molecule has 0 radical (unpaired) electrons. The summed E-state index contributed by atoms with van der Waals surface area (Å²) in [6.07, 6.45) is 5.49. The minimum Gasteiger partial charge on any atom is -0.444 e. The quantitative estimate of drug-likeness (QED) is 0.851. The minimum absolute atomic E-state index is 0.164. The summed E-state index contributed by atoms with van der Waals surface area (Å²) in [6, 6.07) is 0.710. The molecule has 1 N–H and O–H groups in total. The fourth-order valence-electron chi connectivity index (χ4n) is 3.73. The normalized spacial score (nSPS) is 28.9. The Kier molecular flexibility index (Phi) is 5.78. The first kappa shape index (κ1) is 17.6. The van der Waals surface area contributed by atoms with E-state index in [1.807, 2.05) is 25.7 Å². The lowest BCUT2D eigenvalue weighted by Crippen LogP contribution is -2.47. The molecular formula is C17H29ClN2O2. The van der Waals surface area contributed by atoms with Crippen LogP contribution in [0.25, 0.3) is 0 Å². The predicted molar refractivity (Wildman–Crippen MR) is 90.1 cm³/mol. The van der Waals surface area contributed by atoms with E-state index in [0.29, 0.717) is 29.6 Å². The Morgan fingerprint density at radius 3 is 2.68 bits per heavy atom. The van der Waals surface area contributed by atoms with E-state index < -0.39 is 5.60 Å². The van der Waals surface area contributed by atoms with Crippen LogP contribution < -0.4 is 5.32 Å². The molecule has 1 saturated heterocycles. The highest BCUT2D eigenvalue weighted by molar-refractivity contribution is 6.29. The van der Waals surface area contributed by atoms with Crippen LogP contribution in [-0.4, -0.2) is 41.8 Å². The van der Waals surface area contributed by atoms with Crippen molar-refractivity contribution in [3.8, 4) is 0 Å².